The van der Waals surface area contributed by atoms with Crippen molar-refractivity contribution < 1.29 is 14.7 Å². The van der Waals surface area contributed by atoms with Crippen LogP contribution in [0.4, 0.5) is 0 Å². The van der Waals surface area contributed by atoms with Crippen LogP contribution >= 0.6 is 25.3 Å². The second kappa shape index (κ2) is 5.50. The minimum atomic E-state index is -1.08. The molecule has 1 unspecified atom stereocenters. The molecule has 0 spiro atoms. The number of carboxylic acid groups (broad SMARTS) is 1. The summed E-state index contributed by atoms with van der Waals surface area (Å²) in [6.45, 7) is 3.40. The molecule has 4 nitrogen and oxygen atoms in total. The quantitative estimate of drug-likeness (QED) is 0.525. The Balaban J connectivity index is 4.37. The largest absolute Gasteiger partial charge is 0.480 e. The fourth-order valence-electron chi connectivity index (χ4n) is 0.611. The summed E-state index contributed by atoms with van der Waals surface area (Å²) in [7, 11) is 0. The first-order valence-electron chi connectivity index (χ1n) is 4.10. The van der Waals surface area contributed by atoms with Crippen molar-refractivity contribution in [2.24, 2.45) is 5.41 Å². The van der Waals surface area contributed by atoms with Gasteiger partial charge in [0, 0.05) is 11.5 Å². The van der Waals surface area contributed by atoms with E-state index in [0.717, 1.165) is 0 Å². The smallest absolute Gasteiger partial charge is 0.327 e. The van der Waals surface area contributed by atoms with Gasteiger partial charge in [-0.15, -0.1) is 0 Å². The number of rotatable bonds is 5. The van der Waals surface area contributed by atoms with Gasteiger partial charge in [0.1, 0.15) is 6.04 Å². The van der Waals surface area contributed by atoms with Crippen LogP contribution in [0.2, 0.25) is 0 Å². The number of carbonyl (C=O) groups excluding carboxylic acids is 1. The third-order valence-electron chi connectivity index (χ3n) is 1.80. The van der Waals surface area contributed by atoms with E-state index in [-0.39, 0.29) is 11.7 Å². The molecule has 0 saturated heterocycles. The minimum Gasteiger partial charge on any atom is -0.480 e. The molecule has 0 heterocycles. The first-order valence-corrected chi connectivity index (χ1v) is 5.37. The number of hydrogen-bond donors (Lipinski definition) is 4. The number of carboxylic acids is 1. The van der Waals surface area contributed by atoms with Gasteiger partial charge in [-0.2, -0.15) is 25.3 Å². The van der Waals surface area contributed by atoms with E-state index in [9.17, 15) is 9.59 Å². The predicted octanol–water partition coefficient (Wildman–Crippen LogP) is 0.442. The van der Waals surface area contributed by atoms with E-state index >= 15 is 0 Å². The number of amides is 1. The molecule has 0 aromatic rings. The van der Waals surface area contributed by atoms with Crippen molar-refractivity contribution >= 4 is 37.1 Å². The molecule has 6 heteroatoms. The molecule has 0 saturated carbocycles. The van der Waals surface area contributed by atoms with E-state index in [1.54, 1.807) is 13.8 Å². The maximum atomic E-state index is 11.5. The number of hydrogen-bond acceptors (Lipinski definition) is 4. The summed E-state index contributed by atoms with van der Waals surface area (Å²) in [5, 5.41) is 11.1. The molecule has 0 aliphatic carbocycles. The highest BCUT2D eigenvalue weighted by molar-refractivity contribution is 7.80. The fraction of sp³-hybridized carbons (Fsp3) is 0.750. The van der Waals surface area contributed by atoms with Gasteiger partial charge < -0.3 is 10.4 Å². The Morgan fingerprint density at radius 2 is 1.93 bits per heavy atom. The van der Waals surface area contributed by atoms with E-state index in [4.69, 9.17) is 5.11 Å². The van der Waals surface area contributed by atoms with Crippen molar-refractivity contribution in [3.63, 3.8) is 0 Å². The van der Waals surface area contributed by atoms with E-state index in [0.29, 0.717) is 5.75 Å². The molecule has 0 aliphatic heterocycles. The lowest BCUT2D eigenvalue weighted by Crippen LogP contribution is -2.48. The first kappa shape index (κ1) is 13.6. The van der Waals surface area contributed by atoms with Crippen LogP contribution in [-0.4, -0.2) is 34.5 Å². The molecule has 0 bridgehead atoms. The van der Waals surface area contributed by atoms with Gasteiger partial charge in [-0.1, -0.05) is 13.8 Å². The molecule has 0 aromatic heterocycles. The maximum Gasteiger partial charge on any atom is 0.327 e. The Kier molecular flexibility index (Phi) is 5.36. The van der Waals surface area contributed by atoms with Gasteiger partial charge in [0.15, 0.2) is 0 Å². The average molecular weight is 237 g/mol. The molecule has 1 atom stereocenters. The Labute approximate surface area is 94.3 Å². The summed E-state index contributed by atoms with van der Waals surface area (Å²) in [4.78, 5) is 22.1. The normalized spacial score (nSPS) is 13.4. The van der Waals surface area contributed by atoms with E-state index in [1.165, 1.54) is 0 Å². The highest BCUT2D eigenvalue weighted by Crippen LogP contribution is 2.16. The number of carbonyl (C=O) groups is 2. The number of aliphatic carboxylic acids is 1. The van der Waals surface area contributed by atoms with Crippen molar-refractivity contribution in [2.45, 2.75) is 19.9 Å². The Morgan fingerprint density at radius 1 is 1.43 bits per heavy atom. The molecule has 0 fully saturated rings. The molecule has 0 rings (SSSR count). The van der Waals surface area contributed by atoms with Crippen molar-refractivity contribution in [3.05, 3.63) is 0 Å². The minimum absolute atomic E-state index is 0.0731. The van der Waals surface area contributed by atoms with Gasteiger partial charge >= 0.3 is 5.97 Å². The van der Waals surface area contributed by atoms with E-state index < -0.39 is 17.4 Å². The van der Waals surface area contributed by atoms with Crippen LogP contribution < -0.4 is 5.32 Å². The fourth-order valence-corrected chi connectivity index (χ4v) is 1.00. The van der Waals surface area contributed by atoms with Gasteiger partial charge in [-0.25, -0.2) is 4.79 Å². The zero-order chi connectivity index (χ0) is 11.4. The van der Waals surface area contributed by atoms with E-state index in [1.807, 2.05) is 0 Å². The van der Waals surface area contributed by atoms with E-state index in [2.05, 4.69) is 30.6 Å². The molecular weight excluding hydrogens is 222 g/mol. The highest BCUT2D eigenvalue weighted by Gasteiger charge is 2.29. The number of nitrogens with one attached hydrogen (secondary N) is 1. The van der Waals surface area contributed by atoms with Crippen LogP contribution in [0.3, 0.4) is 0 Å². The van der Waals surface area contributed by atoms with Gasteiger partial charge in [0.05, 0.1) is 5.41 Å². The molecular formula is C8H15NO3S2. The Morgan fingerprint density at radius 3 is 2.21 bits per heavy atom. The predicted molar refractivity (Wildman–Crippen MR) is 61.1 cm³/mol. The molecule has 82 valence electrons. The average Bonchev–Trinajstić information content (AvgIpc) is 2.12. The summed E-state index contributed by atoms with van der Waals surface area (Å²) in [6.07, 6.45) is 0. The standard InChI is InChI=1S/C8H15NO3S2/c1-8(2,4-14)7(12)9-5(3-13)6(10)11/h5,13-14H,3-4H2,1-2H3,(H,9,12)(H,10,11). The first-order chi connectivity index (χ1) is 6.35. The van der Waals surface area contributed by atoms with Crippen LogP contribution in [0.15, 0.2) is 0 Å². The number of thiol groups is 2. The molecule has 14 heavy (non-hydrogen) atoms. The molecule has 0 aromatic carbocycles. The van der Waals surface area contributed by atoms with Crippen molar-refractivity contribution in [2.75, 3.05) is 11.5 Å². The third kappa shape index (κ3) is 3.79. The van der Waals surface area contributed by atoms with Crippen LogP contribution in [0.5, 0.6) is 0 Å². The van der Waals surface area contributed by atoms with Gasteiger partial charge in [-0.05, 0) is 0 Å². The van der Waals surface area contributed by atoms with Crippen LogP contribution in [-0.2, 0) is 9.59 Å². The monoisotopic (exact) mass is 237 g/mol. The lowest BCUT2D eigenvalue weighted by Gasteiger charge is -2.23. The summed E-state index contributed by atoms with van der Waals surface area (Å²) in [5.41, 5.74) is -0.667. The zero-order valence-corrected chi connectivity index (χ0v) is 9.94. The zero-order valence-electron chi connectivity index (χ0n) is 8.15. The lowest BCUT2D eigenvalue weighted by atomic mass is 9.95. The lowest BCUT2D eigenvalue weighted by molar-refractivity contribution is -0.142. The van der Waals surface area contributed by atoms with Gasteiger partial charge in [0.2, 0.25) is 5.91 Å². The van der Waals surface area contributed by atoms with Crippen molar-refractivity contribution in [3.8, 4) is 0 Å². The SMILES string of the molecule is CC(C)(CS)C(=O)NC(CS)C(=O)O. The van der Waals surface area contributed by atoms with Crippen LogP contribution in [0.25, 0.3) is 0 Å². The van der Waals surface area contributed by atoms with Gasteiger partial charge in [0.25, 0.3) is 0 Å². The molecule has 1 amide bonds. The third-order valence-corrected chi connectivity index (χ3v) is 2.95. The summed E-state index contributed by atoms with van der Waals surface area (Å²) in [5.74, 6) is -0.973. The Bertz CT molecular complexity index is 231. The maximum absolute atomic E-state index is 11.5. The van der Waals surface area contributed by atoms with Crippen molar-refractivity contribution in [1.29, 1.82) is 0 Å². The molecule has 0 aliphatic rings. The second-order valence-corrected chi connectivity index (χ2v) is 4.27. The molecule has 2 N–H and O–H groups in total. The summed E-state index contributed by atoms with van der Waals surface area (Å²) in [6, 6.07) is -0.940. The van der Waals surface area contributed by atoms with Gasteiger partial charge in [-0.3, -0.25) is 4.79 Å². The highest BCUT2D eigenvalue weighted by atomic mass is 32.1. The summed E-state index contributed by atoms with van der Waals surface area (Å²) < 4.78 is 0. The second-order valence-electron chi connectivity index (χ2n) is 3.59. The topological polar surface area (TPSA) is 66.4 Å². The van der Waals surface area contributed by atoms with Crippen LogP contribution in [0.1, 0.15) is 13.8 Å². The summed E-state index contributed by atoms with van der Waals surface area (Å²) >= 11 is 7.86. The van der Waals surface area contributed by atoms with Crippen LogP contribution in [0, 0.1) is 5.41 Å². The van der Waals surface area contributed by atoms with Crippen molar-refractivity contribution in [1.82, 2.24) is 5.32 Å². The Hall–Kier alpha value is -0.360. The molecule has 0 radical (unpaired) electrons.